The van der Waals surface area contributed by atoms with Crippen LogP contribution in [0, 0.1) is 13.8 Å². The quantitative estimate of drug-likeness (QED) is 0.825. The average Bonchev–Trinajstić information content (AvgIpc) is 2.57. The summed E-state index contributed by atoms with van der Waals surface area (Å²) in [7, 11) is 0. The van der Waals surface area contributed by atoms with Crippen LogP contribution in [-0.4, -0.2) is 25.1 Å². The van der Waals surface area contributed by atoms with Crippen LogP contribution in [0.1, 0.15) is 28.4 Å². The van der Waals surface area contributed by atoms with E-state index in [-0.39, 0.29) is 19.1 Å². The number of hydrogen-bond acceptors (Lipinski definition) is 4. The molecule has 1 N–H and O–H groups in total. The molecule has 5 nitrogen and oxygen atoms in total. The number of benzene rings is 2. The van der Waals surface area contributed by atoms with Crippen molar-refractivity contribution in [1.82, 2.24) is 0 Å². The van der Waals surface area contributed by atoms with Gasteiger partial charge in [-0.2, -0.15) is 0 Å². The van der Waals surface area contributed by atoms with Crippen molar-refractivity contribution in [3.05, 3.63) is 59.2 Å². The van der Waals surface area contributed by atoms with Gasteiger partial charge >= 0.3 is 5.97 Å². The largest absolute Gasteiger partial charge is 0.483 e. The number of rotatable bonds is 6. The summed E-state index contributed by atoms with van der Waals surface area (Å²) < 4.78 is 10.6. The van der Waals surface area contributed by atoms with E-state index in [1.54, 1.807) is 31.2 Å². The molecule has 0 fully saturated rings. The lowest BCUT2D eigenvalue weighted by Crippen LogP contribution is -2.22. The lowest BCUT2D eigenvalue weighted by molar-refractivity contribution is -0.118. The number of nitrogens with one attached hydrogen (secondary N) is 1. The van der Waals surface area contributed by atoms with Crippen LogP contribution in [0.4, 0.5) is 5.69 Å². The number of aryl methyl sites for hydroxylation is 1. The van der Waals surface area contributed by atoms with Crippen LogP contribution in [0.2, 0.25) is 0 Å². The van der Waals surface area contributed by atoms with E-state index < -0.39 is 5.97 Å². The maximum atomic E-state index is 12.1. The summed E-state index contributed by atoms with van der Waals surface area (Å²) >= 11 is 0. The van der Waals surface area contributed by atoms with E-state index in [0.717, 1.165) is 11.1 Å². The predicted octanol–water partition coefficient (Wildman–Crippen LogP) is 3.50. The molecule has 0 atom stereocenters. The minimum absolute atomic E-state index is 0.137. The molecule has 2 aromatic rings. The Bertz CT molecular complexity index is 740. The molecule has 0 aliphatic heterocycles. The first-order chi connectivity index (χ1) is 11.5. The molecule has 5 heteroatoms. The van der Waals surface area contributed by atoms with Crippen LogP contribution >= 0.6 is 0 Å². The molecule has 2 aromatic carbocycles. The van der Waals surface area contributed by atoms with Gasteiger partial charge in [0.2, 0.25) is 0 Å². The molecule has 0 spiro atoms. The van der Waals surface area contributed by atoms with Gasteiger partial charge < -0.3 is 14.8 Å². The van der Waals surface area contributed by atoms with Gasteiger partial charge in [0.15, 0.2) is 6.61 Å². The first kappa shape index (κ1) is 17.5. The molecule has 0 radical (unpaired) electrons. The molecule has 0 aliphatic rings. The van der Waals surface area contributed by atoms with E-state index >= 15 is 0 Å². The van der Waals surface area contributed by atoms with E-state index in [1.165, 1.54) is 0 Å². The molecule has 0 aromatic heterocycles. The lowest BCUT2D eigenvalue weighted by atomic mass is 10.1. The standard InChI is InChI=1S/C19H21NO4/c1-4-23-19(22)15-9-5-6-10-16(15)20-18(21)12-24-17-11-7-8-13(2)14(17)3/h5-11H,4,12H2,1-3H3,(H,20,21). The Labute approximate surface area is 141 Å². The van der Waals surface area contributed by atoms with Crippen molar-refractivity contribution in [3.63, 3.8) is 0 Å². The fourth-order valence-electron chi connectivity index (χ4n) is 2.19. The maximum Gasteiger partial charge on any atom is 0.340 e. The van der Waals surface area contributed by atoms with Crippen LogP contribution in [0.3, 0.4) is 0 Å². The van der Waals surface area contributed by atoms with Crippen molar-refractivity contribution in [1.29, 1.82) is 0 Å². The molecular formula is C19H21NO4. The zero-order valence-corrected chi connectivity index (χ0v) is 14.1. The van der Waals surface area contributed by atoms with Crippen LogP contribution in [0.5, 0.6) is 5.75 Å². The normalized spacial score (nSPS) is 10.1. The number of hydrogen-bond donors (Lipinski definition) is 1. The minimum atomic E-state index is -0.469. The average molecular weight is 327 g/mol. The molecule has 0 saturated carbocycles. The van der Waals surface area contributed by atoms with Crippen LogP contribution in [-0.2, 0) is 9.53 Å². The van der Waals surface area contributed by atoms with Crippen molar-refractivity contribution in [2.75, 3.05) is 18.5 Å². The Morgan fingerprint density at radius 2 is 1.79 bits per heavy atom. The zero-order valence-electron chi connectivity index (χ0n) is 14.1. The van der Waals surface area contributed by atoms with Crippen molar-refractivity contribution in [2.45, 2.75) is 20.8 Å². The van der Waals surface area contributed by atoms with Crippen molar-refractivity contribution in [2.24, 2.45) is 0 Å². The number of carbonyl (C=O) groups is 2. The zero-order chi connectivity index (χ0) is 17.5. The Morgan fingerprint density at radius 1 is 1.04 bits per heavy atom. The summed E-state index contributed by atoms with van der Waals surface area (Å²) in [6.45, 7) is 5.80. The number of ether oxygens (including phenoxy) is 2. The highest BCUT2D eigenvalue weighted by Gasteiger charge is 2.14. The molecule has 0 saturated heterocycles. The topological polar surface area (TPSA) is 64.6 Å². The van der Waals surface area contributed by atoms with E-state index in [4.69, 9.17) is 9.47 Å². The van der Waals surface area contributed by atoms with Crippen LogP contribution in [0.25, 0.3) is 0 Å². The summed E-state index contributed by atoms with van der Waals surface area (Å²) in [5.41, 5.74) is 2.82. The molecule has 0 unspecified atom stereocenters. The van der Waals surface area contributed by atoms with Crippen molar-refractivity contribution >= 4 is 17.6 Å². The maximum absolute atomic E-state index is 12.1. The molecule has 126 valence electrons. The van der Waals surface area contributed by atoms with Gasteiger partial charge in [0.05, 0.1) is 17.9 Å². The first-order valence-corrected chi connectivity index (χ1v) is 7.78. The van der Waals surface area contributed by atoms with Gasteiger partial charge in [-0.1, -0.05) is 24.3 Å². The highest BCUT2D eigenvalue weighted by atomic mass is 16.5. The second-order valence-corrected chi connectivity index (χ2v) is 5.30. The lowest BCUT2D eigenvalue weighted by Gasteiger charge is -2.12. The van der Waals surface area contributed by atoms with E-state index in [0.29, 0.717) is 17.0 Å². The Kier molecular flexibility index (Phi) is 5.95. The summed E-state index contributed by atoms with van der Waals surface area (Å²) in [4.78, 5) is 24.0. The molecule has 0 aliphatic carbocycles. The predicted molar refractivity (Wildman–Crippen MR) is 92.4 cm³/mol. The number of anilines is 1. The minimum Gasteiger partial charge on any atom is -0.483 e. The number of esters is 1. The first-order valence-electron chi connectivity index (χ1n) is 7.78. The van der Waals surface area contributed by atoms with Gasteiger partial charge in [-0.15, -0.1) is 0 Å². The Balaban J connectivity index is 2.03. The number of para-hydroxylation sites is 1. The summed E-state index contributed by atoms with van der Waals surface area (Å²) in [6.07, 6.45) is 0. The van der Waals surface area contributed by atoms with Gasteiger partial charge in [-0.3, -0.25) is 4.79 Å². The SMILES string of the molecule is CCOC(=O)c1ccccc1NC(=O)COc1cccc(C)c1C. The molecule has 1 amide bonds. The van der Waals surface area contributed by atoms with Crippen LogP contribution in [0.15, 0.2) is 42.5 Å². The van der Waals surface area contributed by atoms with Gasteiger partial charge in [0.25, 0.3) is 5.91 Å². The smallest absolute Gasteiger partial charge is 0.340 e. The van der Waals surface area contributed by atoms with Crippen molar-refractivity contribution < 1.29 is 19.1 Å². The molecule has 2 rings (SSSR count). The third-order valence-corrected chi connectivity index (χ3v) is 3.61. The number of amides is 1. The third kappa shape index (κ3) is 4.35. The second-order valence-electron chi connectivity index (χ2n) is 5.30. The highest BCUT2D eigenvalue weighted by molar-refractivity contribution is 6.01. The van der Waals surface area contributed by atoms with Gasteiger partial charge in [0, 0.05) is 0 Å². The summed E-state index contributed by atoms with van der Waals surface area (Å²) in [5, 5.41) is 2.69. The van der Waals surface area contributed by atoms with E-state index in [9.17, 15) is 9.59 Å². The Hall–Kier alpha value is -2.82. The van der Waals surface area contributed by atoms with Crippen molar-refractivity contribution in [3.8, 4) is 5.75 Å². The van der Waals surface area contributed by atoms with Gasteiger partial charge in [-0.25, -0.2) is 4.79 Å². The molecule has 0 bridgehead atoms. The van der Waals surface area contributed by atoms with E-state index in [1.807, 2.05) is 32.0 Å². The highest BCUT2D eigenvalue weighted by Crippen LogP contribution is 2.21. The molecule has 0 heterocycles. The fourth-order valence-corrected chi connectivity index (χ4v) is 2.19. The fraction of sp³-hybridized carbons (Fsp3) is 0.263. The third-order valence-electron chi connectivity index (χ3n) is 3.61. The monoisotopic (exact) mass is 327 g/mol. The molecular weight excluding hydrogens is 306 g/mol. The second kappa shape index (κ2) is 8.15. The Morgan fingerprint density at radius 3 is 2.54 bits per heavy atom. The molecule has 24 heavy (non-hydrogen) atoms. The number of carbonyl (C=O) groups excluding carboxylic acids is 2. The van der Waals surface area contributed by atoms with E-state index in [2.05, 4.69) is 5.32 Å². The van der Waals surface area contributed by atoms with Gasteiger partial charge in [-0.05, 0) is 50.1 Å². The van der Waals surface area contributed by atoms with Gasteiger partial charge in [0.1, 0.15) is 5.75 Å². The summed E-state index contributed by atoms with van der Waals surface area (Å²) in [6, 6.07) is 12.4. The van der Waals surface area contributed by atoms with Crippen LogP contribution < -0.4 is 10.1 Å². The summed E-state index contributed by atoms with van der Waals surface area (Å²) in [5.74, 6) is -0.139.